The van der Waals surface area contributed by atoms with Crippen molar-refractivity contribution in [3.05, 3.63) is 0 Å². The van der Waals surface area contributed by atoms with Crippen LogP contribution in [0.5, 0.6) is 0 Å². The minimum atomic E-state index is 0.323. The van der Waals surface area contributed by atoms with Crippen molar-refractivity contribution in [1.82, 2.24) is 10.9 Å². The van der Waals surface area contributed by atoms with E-state index in [1.807, 2.05) is 0 Å². The number of alkyl halides is 1. The first kappa shape index (κ1) is 7.98. The fraction of sp³-hybridized carbons (Fsp3) is 1.00. The van der Waals surface area contributed by atoms with E-state index in [0.29, 0.717) is 16.9 Å². The van der Waals surface area contributed by atoms with E-state index in [0.717, 1.165) is 18.9 Å². The molecule has 1 saturated heterocycles. The predicted octanol–water partition coefficient (Wildman–Crippen LogP) is -0.0364. The number of hydrogen-bond donors (Lipinski definition) is 3. The van der Waals surface area contributed by atoms with Crippen molar-refractivity contribution in [1.29, 1.82) is 0 Å². The van der Waals surface area contributed by atoms with Gasteiger partial charge in [0.15, 0.2) is 0 Å². The zero-order chi connectivity index (χ0) is 7.84. The molecule has 0 bridgehead atoms. The standard InChI is InChI=1S/C7H14BrN3/c8-5-1-4-3-10-11-7(4)2-6(5)9/h4-7,10-11H,1-3,9H2. The van der Waals surface area contributed by atoms with Gasteiger partial charge in [-0.2, -0.15) is 0 Å². The molecule has 2 fully saturated rings. The number of hydrogen-bond acceptors (Lipinski definition) is 3. The van der Waals surface area contributed by atoms with Gasteiger partial charge in [0.1, 0.15) is 0 Å². The fourth-order valence-electron chi connectivity index (χ4n) is 1.99. The summed E-state index contributed by atoms with van der Waals surface area (Å²) in [5.74, 6) is 0.777. The molecule has 4 N–H and O–H groups in total. The average Bonchev–Trinajstić information content (AvgIpc) is 2.36. The van der Waals surface area contributed by atoms with Crippen LogP contribution in [0.3, 0.4) is 0 Å². The van der Waals surface area contributed by atoms with E-state index < -0.39 is 0 Å². The molecule has 0 aromatic heterocycles. The molecule has 0 spiro atoms. The van der Waals surface area contributed by atoms with Gasteiger partial charge >= 0.3 is 0 Å². The highest BCUT2D eigenvalue weighted by Crippen LogP contribution is 2.29. The minimum Gasteiger partial charge on any atom is -0.327 e. The topological polar surface area (TPSA) is 50.1 Å². The van der Waals surface area contributed by atoms with E-state index in [-0.39, 0.29) is 0 Å². The maximum Gasteiger partial charge on any atom is 0.0301 e. The molecule has 1 aliphatic heterocycles. The molecule has 2 rings (SSSR count). The highest BCUT2D eigenvalue weighted by atomic mass is 79.9. The van der Waals surface area contributed by atoms with Crippen molar-refractivity contribution in [3.63, 3.8) is 0 Å². The maximum absolute atomic E-state index is 5.92. The molecular formula is C7H14BrN3. The lowest BCUT2D eigenvalue weighted by Gasteiger charge is -2.32. The van der Waals surface area contributed by atoms with E-state index >= 15 is 0 Å². The Balaban J connectivity index is 2.00. The predicted molar refractivity (Wildman–Crippen MR) is 48.3 cm³/mol. The molecule has 64 valence electrons. The Kier molecular flexibility index (Phi) is 2.19. The van der Waals surface area contributed by atoms with Gasteiger partial charge in [0.05, 0.1) is 0 Å². The largest absolute Gasteiger partial charge is 0.327 e. The van der Waals surface area contributed by atoms with Crippen LogP contribution in [0.1, 0.15) is 12.8 Å². The van der Waals surface area contributed by atoms with Gasteiger partial charge in [-0.15, -0.1) is 0 Å². The third-order valence-corrected chi connectivity index (χ3v) is 3.79. The Morgan fingerprint density at radius 3 is 3.00 bits per heavy atom. The van der Waals surface area contributed by atoms with Gasteiger partial charge in [-0.1, -0.05) is 15.9 Å². The molecule has 1 heterocycles. The maximum atomic E-state index is 5.92. The Labute approximate surface area is 75.2 Å². The third kappa shape index (κ3) is 1.45. The molecule has 0 aromatic carbocycles. The number of rotatable bonds is 0. The van der Waals surface area contributed by atoms with Crippen molar-refractivity contribution < 1.29 is 0 Å². The lowest BCUT2D eigenvalue weighted by Crippen LogP contribution is -2.46. The summed E-state index contributed by atoms with van der Waals surface area (Å²) in [5, 5.41) is 0. The first-order valence-electron chi connectivity index (χ1n) is 4.15. The number of fused-ring (bicyclic) bond motifs is 1. The van der Waals surface area contributed by atoms with Crippen molar-refractivity contribution in [3.8, 4) is 0 Å². The molecule has 1 saturated carbocycles. The van der Waals surface area contributed by atoms with E-state index in [1.54, 1.807) is 0 Å². The van der Waals surface area contributed by atoms with Crippen molar-refractivity contribution >= 4 is 15.9 Å². The summed E-state index contributed by atoms with van der Waals surface area (Å²) in [6.07, 6.45) is 2.29. The summed E-state index contributed by atoms with van der Waals surface area (Å²) in [7, 11) is 0. The SMILES string of the molecule is NC1CC2NNCC2CC1Br. The summed E-state index contributed by atoms with van der Waals surface area (Å²) in [5.41, 5.74) is 12.4. The first-order valence-corrected chi connectivity index (χ1v) is 5.07. The van der Waals surface area contributed by atoms with E-state index in [4.69, 9.17) is 5.73 Å². The van der Waals surface area contributed by atoms with Crippen LogP contribution in [0, 0.1) is 5.92 Å². The lowest BCUT2D eigenvalue weighted by atomic mass is 9.83. The highest BCUT2D eigenvalue weighted by molar-refractivity contribution is 9.09. The summed E-state index contributed by atoms with van der Waals surface area (Å²) < 4.78 is 0. The molecule has 0 aromatic rings. The minimum absolute atomic E-state index is 0.323. The molecule has 0 amide bonds. The third-order valence-electron chi connectivity index (χ3n) is 2.74. The van der Waals surface area contributed by atoms with Crippen molar-refractivity contribution in [2.45, 2.75) is 29.8 Å². The van der Waals surface area contributed by atoms with Crippen LogP contribution in [-0.4, -0.2) is 23.5 Å². The molecule has 2 aliphatic rings. The second kappa shape index (κ2) is 3.01. The molecule has 1 aliphatic carbocycles. The van der Waals surface area contributed by atoms with Crippen LogP contribution in [0.25, 0.3) is 0 Å². The van der Waals surface area contributed by atoms with Crippen molar-refractivity contribution in [2.75, 3.05) is 6.54 Å². The Morgan fingerprint density at radius 2 is 2.18 bits per heavy atom. The van der Waals surface area contributed by atoms with Crippen LogP contribution in [0.4, 0.5) is 0 Å². The highest BCUT2D eigenvalue weighted by Gasteiger charge is 2.36. The van der Waals surface area contributed by atoms with Gasteiger partial charge in [-0.3, -0.25) is 10.9 Å². The molecule has 4 atom stereocenters. The Morgan fingerprint density at radius 1 is 1.36 bits per heavy atom. The van der Waals surface area contributed by atoms with E-state index in [1.165, 1.54) is 6.42 Å². The number of nitrogens with two attached hydrogens (primary N) is 1. The zero-order valence-electron chi connectivity index (χ0n) is 6.39. The van der Waals surface area contributed by atoms with Gasteiger partial charge in [-0.25, -0.2) is 0 Å². The summed E-state index contributed by atoms with van der Waals surface area (Å²) in [6, 6.07) is 0.933. The fourth-order valence-corrected chi connectivity index (χ4v) is 2.68. The van der Waals surface area contributed by atoms with E-state index in [2.05, 4.69) is 26.8 Å². The van der Waals surface area contributed by atoms with Crippen LogP contribution < -0.4 is 16.6 Å². The second-order valence-electron chi connectivity index (χ2n) is 3.54. The zero-order valence-corrected chi connectivity index (χ0v) is 7.97. The monoisotopic (exact) mass is 219 g/mol. The van der Waals surface area contributed by atoms with Gasteiger partial charge in [0.25, 0.3) is 0 Å². The van der Waals surface area contributed by atoms with Crippen LogP contribution >= 0.6 is 15.9 Å². The molecular weight excluding hydrogens is 206 g/mol. The molecule has 3 nitrogen and oxygen atoms in total. The van der Waals surface area contributed by atoms with Gasteiger partial charge in [0, 0.05) is 23.5 Å². The number of nitrogens with one attached hydrogen (secondary N) is 2. The van der Waals surface area contributed by atoms with Crippen LogP contribution in [0.15, 0.2) is 0 Å². The lowest BCUT2D eigenvalue weighted by molar-refractivity contribution is 0.314. The van der Waals surface area contributed by atoms with Gasteiger partial charge in [-0.05, 0) is 18.8 Å². The van der Waals surface area contributed by atoms with E-state index in [9.17, 15) is 0 Å². The number of hydrazine groups is 1. The molecule has 4 heteroatoms. The Hall–Kier alpha value is 0.360. The average molecular weight is 220 g/mol. The van der Waals surface area contributed by atoms with Crippen LogP contribution in [0.2, 0.25) is 0 Å². The second-order valence-corrected chi connectivity index (χ2v) is 4.72. The summed E-state index contributed by atoms with van der Waals surface area (Å²) >= 11 is 3.61. The molecule has 4 unspecified atom stereocenters. The first-order chi connectivity index (χ1) is 5.27. The van der Waals surface area contributed by atoms with Crippen LogP contribution in [-0.2, 0) is 0 Å². The molecule has 0 radical (unpaired) electrons. The smallest absolute Gasteiger partial charge is 0.0301 e. The summed E-state index contributed by atoms with van der Waals surface area (Å²) in [6.45, 7) is 1.10. The van der Waals surface area contributed by atoms with Gasteiger partial charge < -0.3 is 5.73 Å². The van der Waals surface area contributed by atoms with Gasteiger partial charge in [0.2, 0.25) is 0 Å². The molecule has 11 heavy (non-hydrogen) atoms. The normalized spacial score (nSPS) is 50.7. The number of halogens is 1. The summed E-state index contributed by atoms with van der Waals surface area (Å²) in [4.78, 5) is 0.519. The van der Waals surface area contributed by atoms with Crippen molar-refractivity contribution in [2.24, 2.45) is 11.7 Å². The quantitative estimate of drug-likeness (QED) is 0.502. The Bertz CT molecular complexity index is 137.